The molecule has 0 radical (unpaired) electrons. The van der Waals surface area contributed by atoms with E-state index in [-0.39, 0.29) is 44.4 Å². The van der Waals surface area contributed by atoms with Crippen molar-refractivity contribution in [1.82, 2.24) is 0 Å². The van der Waals surface area contributed by atoms with Crippen molar-refractivity contribution in [3.8, 4) is 0 Å². The Kier molecular flexibility index (Phi) is 23.7. The van der Waals surface area contributed by atoms with E-state index in [9.17, 15) is 0 Å². The molecule has 0 heterocycles. The predicted molar refractivity (Wildman–Crippen MR) is 17.9 cm³/mol. The molecule has 8 heavy (non-hydrogen) atoms. The van der Waals surface area contributed by atoms with E-state index < -0.39 is 7.82 Å². The van der Waals surface area contributed by atoms with Crippen molar-refractivity contribution in [2.24, 2.45) is 0 Å². The number of hydrogen-bond acceptors (Lipinski definition) is 1. The number of phosphoric acid groups is 1. The molecule has 0 unspecified atom stereocenters. The third-order valence-electron chi connectivity index (χ3n) is 0. The van der Waals surface area contributed by atoms with Gasteiger partial charge in [0, 0.05) is 39.0 Å². The van der Waals surface area contributed by atoms with Crippen molar-refractivity contribution in [2.45, 2.75) is 0 Å². The summed E-state index contributed by atoms with van der Waals surface area (Å²) in [5, 5.41) is 0. The van der Waals surface area contributed by atoms with Crippen LogP contribution < -0.4 is 0 Å². The minimum atomic E-state index is -4.64. The zero-order valence-corrected chi connectivity index (χ0v) is 10.9. The van der Waals surface area contributed by atoms with Gasteiger partial charge >= 0.3 is 7.82 Å². The number of rotatable bonds is 0. The molecule has 0 spiro atoms. The summed E-state index contributed by atoms with van der Waals surface area (Å²) >= 11 is 0. The van der Waals surface area contributed by atoms with Gasteiger partial charge in [-0.1, -0.05) is 0 Å². The first kappa shape index (κ1) is 22.8. The molecule has 0 saturated carbocycles. The van der Waals surface area contributed by atoms with E-state index in [0.717, 1.165) is 0 Å². The molecule has 0 aliphatic rings. The Bertz CT molecular complexity index is 56.6. The molecular formula is H5O5PZn2. The fraction of sp³-hybridized carbons (Fsp3) is 0. The molecule has 0 rings (SSSR count). The van der Waals surface area contributed by atoms with Crippen LogP contribution in [0.15, 0.2) is 0 Å². The Morgan fingerprint density at radius 1 is 1.00 bits per heavy atom. The van der Waals surface area contributed by atoms with Gasteiger partial charge in [0.2, 0.25) is 0 Å². The Morgan fingerprint density at radius 2 is 1.00 bits per heavy atom. The van der Waals surface area contributed by atoms with Gasteiger partial charge in [0.15, 0.2) is 0 Å². The van der Waals surface area contributed by atoms with Crippen LogP contribution >= 0.6 is 7.82 Å². The van der Waals surface area contributed by atoms with Crippen molar-refractivity contribution in [1.29, 1.82) is 0 Å². The van der Waals surface area contributed by atoms with Gasteiger partial charge in [-0.3, -0.25) is 0 Å². The average molecular weight is 247 g/mol. The zero-order valence-electron chi connectivity index (χ0n) is 4.11. The summed E-state index contributed by atoms with van der Waals surface area (Å²) in [5.41, 5.74) is 0. The van der Waals surface area contributed by atoms with Crippen LogP contribution in [0.4, 0.5) is 0 Å². The fourth-order valence-electron chi connectivity index (χ4n) is 0. The average Bonchev–Trinajstić information content (AvgIpc) is 0.722. The third kappa shape index (κ3) is 168. The molecule has 0 aromatic rings. The molecule has 0 fully saturated rings. The Labute approximate surface area is 71.6 Å². The van der Waals surface area contributed by atoms with E-state index in [4.69, 9.17) is 19.2 Å². The van der Waals surface area contributed by atoms with Crippen LogP contribution in [-0.4, -0.2) is 20.2 Å². The second kappa shape index (κ2) is 8.32. The van der Waals surface area contributed by atoms with Gasteiger partial charge in [0.25, 0.3) is 0 Å². The molecule has 0 aromatic heterocycles. The van der Waals surface area contributed by atoms with Crippen LogP contribution in [0.25, 0.3) is 0 Å². The smallest absolute Gasteiger partial charge is 0.412 e. The molecule has 0 aliphatic heterocycles. The zero-order chi connectivity index (χ0) is 4.50. The van der Waals surface area contributed by atoms with Crippen LogP contribution in [0.5, 0.6) is 0 Å². The summed E-state index contributed by atoms with van der Waals surface area (Å²) in [7, 11) is -4.64. The number of hydrogen-bond donors (Lipinski definition) is 3. The van der Waals surface area contributed by atoms with Crippen LogP contribution in [0, 0.1) is 0 Å². The van der Waals surface area contributed by atoms with Crippen molar-refractivity contribution in [2.75, 3.05) is 0 Å². The fourth-order valence-corrected chi connectivity index (χ4v) is 0. The predicted octanol–water partition coefficient (Wildman–Crippen LogP) is -1.76. The van der Waals surface area contributed by atoms with Gasteiger partial charge in [-0.25, -0.2) is 4.57 Å². The van der Waals surface area contributed by atoms with Crippen LogP contribution in [0.2, 0.25) is 0 Å². The van der Waals surface area contributed by atoms with Gasteiger partial charge in [-0.2, -0.15) is 0 Å². The summed E-state index contributed by atoms with van der Waals surface area (Å²) in [6, 6.07) is 0. The second-order valence-electron chi connectivity index (χ2n) is 0.513. The third-order valence-corrected chi connectivity index (χ3v) is 0. The van der Waals surface area contributed by atoms with Crippen molar-refractivity contribution in [3.63, 3.8) is 0 Å². The molecule has 5 nitrogen and oxygen atoms in total. The van der Waals surface area contributed by atoms with E-state index in [2.05, 4.69) is 0 Å². The second-order valence-corrected chi connectivity index (χ2v) is 1.54. The molecule has 5 N–H and O–H groups in total. The minimum absolute atomic E-state index is 0. The molecule has 0 aliphatic carbocycles. The van der Waals surface area contributed by atoms with E-state index in [1.54, 1.807) is 0 Å². The topological polar surface area (TPSA) is 109 Å². The SMILES string of the molecule is O.O=P(O)(O)O.[Zn].[Zn]. The van der Waals surface area contributed by atoms with E-state index in [0.29, 0.717) is 0 Å². The van der Waals surface area contributed by atoms with Gasteiger partial charge < -0.3 is 20.2 Å². The summed E-state index contributed by atoms with van der Waals surface area (Å²) in [5.74, 6) is 0. The van der Waals surface area contributed by atoms with E-state index in [1.807, 2.05) is 0 Å². The molecule has 8 heteroatoms. The first-order chi connectivity index (χ1) is 2.00. The molecule has 0 aromatic carbocycles. The normalized spacial score (nSPS) is 7.38. The standard InChI is InChI=1S/H3O4P.H2O.2Zn/c1-5(2,3)4;;;/h(H3,1,2,3,4);1H2;;. The van der Waals surface area contributed by atoms with Crippen LogP contribution in [0.1, 0.15) is 0 Å². The van der Waals surface area contributed by atoms with Crippen LogP contribution in [-0.2, 0) is 43.5 Å². The largest absolute Gasteiger partial charge is 0.466 e. The Hall–Kier alpha value is 1.32. The Balaban J connectivity index is -0.0000000267. The first-order valence-electron chi connectivity index (χ1n) is 0.783. The van der Waals surface area contributed by atoms with Gasteiger partial charge in [0.1, 0.15) is 0 Å². The van der Waals surface area contributed by atoms with Crippen molar-refractivity contribution >= 4 is 7.82 Å². The van der Waals surface area contributed by atoms with Gasteiger partial charge in [-0.15, -0.1) is 0 Å². The minimum Gasteiger partial charge on any atom is -0.412 e. The van der Waals surface area contributed by atoms with E-state index >= 15 is 0 Å². The van der Waals surface area contributed by atoms with Crippen LogP contribution in [0.3, 0.4) is 0 Å². The summed E-state index contributed by atoms with van der Waals surface area (Å²) in [6.07, 6.45) is 0. The maximum atomic E-state index is 8.88. The van der Waals surface area contributed by atoms with Crippen molar-refractivity contribution in [3.05, 3.63) is 0 Å². The summed E-state index contributed by atoms with van der Waals surface area (Å²) < 4.78 is 8.88. The quantitative estimate of drug-likeness (QED) is 0.348. The van der Waals surface area contributed by atoms with E-state index in [1.165, 1.54) is 0 Å². The van der Waals surface area contributed by atoms with Gasteiger partial charge in [0.05, 0.1) is 0 Å². The first-order valence-corrected chi connectivity index (χ1v) is 2.35. The summed E-state index contributed by atoms with van der Waals surface area (Å²) in [6.45, 7) is 0. The molecule has 0 atom stereocenters. The maximum Gasteiger partial charge on any atom is 0.466 e. The monoisotopic (exact) mass is 244 g/mol. The summed E-state index contributed by atoms with van der Waals surface area (Å²) in [4.78, 5) is 21.6. The Morgan fingerprint density at radius 3 is 1.00 bits per heavy atom. The molecular weight excluding hydrogens is 242 g/mol. The van der Waals surface area contributed by atoms with Gasteiger partial charge in [-0.05, 0) is 0 Å². The molecule has 0 amide bonds. The van der Waals surface area contributed by atoms with Crippen molar-refractivity contribution < 1.29 is 63.7 Å². The molecule has 44 valence electrons. The maximum absolute atomic E-state index is 8.88. The molecule has 0 saturated heterocycles. The molecule has 0 bridgehead atoms.